The minimum Gasteiger partial charge on any atom is -0.331 e. The van der Waals surface area contributed by atoms with Gasteiger partial charge >= 0.3 is 6.03 Å². The Morgan fingerprint density at radius 1 is 1.05 bits per heavy atom. The number of amides is 2. The fourth-order valence-corrected chi connectivity index (χ4v) is 2.68. The summed E-state index contributed by atoms with van der Waals surface area (Å²) in [6.07, 6.45) is 2.10. The highest BCUT2D eigenvalue weighted by Crippen LogP contribution is 2.12. The molecule has 0 atom stereocenters. The Bertz CT molecular complexity index is 293. The molecule has 6 heteroatoms. The number of hydrogen-bond donors (Lipinski definition) is 1. The quantitative estimate of drug-likeness (QED) is 0.759. The number of likely N-dealkylation sites (N-methyl/N-ethyl adjacent to an activating group) is 1. The van der Waals surface area contributed by atoms with E-state index in [2.05, 4.69) is 22.4 Å². The number of likely N-dealkylation sites (tertiary alicyclic amines) is 1. The van der Waals surface area contributed by atoms with Crippen molar-refractivity contribution in [2.75, 3.05) is 60.4 Å². The van der Waals surface area contributed by atoms with Crippen LogP contribution in [0.2, 0.25) is 0 Å². The fourth-order valence-electron chi connectivity index (χ4n) is 2.68. The van der Waals surface area contributed by atoms with Gasteiger partial charge in [0.05, 0.1) is 0 Å². The van der Waals surface area contributed by atoms with Crippen molar-refractivity contribution in [2.45, 2.75) is 18.9 Å². The van der Waals surface area contributed by atoms with Crippen LogP contribution in [0, 0.1) is 0 Å². The summed E-state index contributed by atoms with van der Waals surface area (Å²) >= 11 is 0. The van der Waals surface area contributed by atoms with E-state index >= 15 is 0 Å². The molecule has 2 amide bonds. The van der Waals surface area contributed by atoms with E-state index in [1.54, 1.807) is 4.90 Å². The molecule has 0 aliphatic carbocycles. The van der Waals surface area contributed by atoms with Crippen molar-refractivity contribution in [2.24, 2.45) is 0 Å². The lowest BCUT2D eigenvalue weighted by Gasteiger charge is -2.39. The van der Waals surface area contributed by atoms with Gasteiger partial charge in [0.25, 0.3) is 0 Å². The van der Waals surface area contributed by atoms with Crippen LogP contribution in [0.25, 0.3) is 0 Å². The van der Waals surface area contributed by atoms with Gasteiger partial charge in [-0.05, 0) is 19.9 Å². The summed E-state index contributed by atoms with van der Waals surface area (Å²) in [7, 11) is 5.80. The second-order valence-electron chi connectivity index (χ2n) is 5.86. The first-order chi connectivity index (χ1) is 9.06. The van der Waals surface area contributed by atoms with Crippen LogP contribution < -0.4 is 5.43 Å². The van der Waals surface area contributed by atoms with Gasteiger partial charge in [0.15, 0.2) is 0 Å². The molecular weight excluding hydrogens is 242 g/mol. The summed E-state index contributed by atoms with van der Waals surface area (Å²) in [6.45, 7) is 6.17. The van der Waals surface area contributed by atoms with Crippen molar-refractivity contribution in [3.05, 3.63) is 0 Å². The van der Waals surface area contributed by atoms with Crippen molar-refractivity contribution >= 4 is 6.03 Å². The molecule has 0 saturated carbocycles. The van der Waals surface area contributed by atoms with Gasteiger partial charge < -0.3 is 14.7 Å². The number of hydrogen-bond acceptors (Lipinski definition) is 4. The molecular formula is C13H27N5O. The summed E-state index contributed by atoms with van der Waals surface area (Å²) in [5, 5.41) is 2.34. The van der Waals surface area contributed by atoms with Crippen molar-refractivity contribution in [1.82, 2.24) is 25.1 Å². The molecule has 6 nitrogen and oxygen atoms in total. The standard InChI is InChI=1S/C13H27N5O/c1-15(2)13(19)17-6-4-12(5-7-17)14-18-10-8-16(3)9-11-18/h12,14H,4-11H2,1-3H3. The monoisotopic (exact) mass is 269 g/mol. The zero-order chi connectivity index (χ0) is 13.8. The van der Waals surface area contributed by atoms with Crippen LogP contribution in [0.5, 0.6) is 0 Å². The van der Waals surface area contributed by atoms with Crippen LogP contribution >= 0.6 is 0 Å². The van der Waals surface area contributed by atoms with Crippen LogP contribution in [0.4, 0.5) is 4.79 Å². The smallest absolute Gasteiger partial charge is 0.319 e. The van der Waals surface area contributed by atoms with E-state index in [0.717, 1.165) is 52.1 Å². The molecule has 0 aromatic heterocycles. The Labute approximate surface area is 116 Å². The lowest BCUT2D eigenvalue weighted by Crippen LogP contribution is -2.56. The van der Waals surface area contributed by atoms with E-state index < -0.39 is 0 Å². The molecule has 110 valence electrons. The van der Waals surface area contributed by atoms with Gasteiger partial charge in [-0.25, -0.2) is 9.80 Å². The topological polar surface area (TPSA) is 42.1 Å². The van der Waals surface area contributed by atoms with E-state index in [0.29, 0.717) is 6.04 Å². The summed E-state index contributed by atoms with van der Waals surface area (Å²) in [5.41, 5.74) is 3.62. The highest BCUT2D eigenvalue weighted by atomic mass is 16.2. The van der Waals surface area contributed by atoms with Crippen molar-refractivity contribution in [1.29, 1.82) is 0 Å². The average molecular weight is 269 g/mol. The molecule has 1 N–H and O–H groups in total. The SMILES string of the molecule is CN1CCN(NC2CCN(C(=O)N(C)C)CC2)CC1. The van der Waals surface area contributed by atoms with Gasteiger partial charge in [0.1, 0.15) is 0 Å². The third kappa shape index (κ3) is 4.06. The fraction of sp³-hybridized carbons (Fsp3) is 0.923. The lowest BCUT2D eigenvalue weighted by atomic mass is 10.1. The van der Waals surface area contributed by atoms with Crippen LogP contribution in [-0.4, -0.2) is 92.2 Å². The summed E-state index contributed by atoms with van der Waals surface area (Å²) in [5.74, 6) is 0. The van der Waals surface area contributed by atoms with Gasteiger partial charge in [0.2, 0.25) is 0 Å². The summed E-state index contributed by atoms with van der Waals surface area (Å²) < 4.78 is 0. The Morgan fingerprint density at radius 3 is 2.16 bits per heavy atom. The molecule has 2 saturated heterocycles. The van der Waals surface area contributed by atoms with Crippen molar-refractivity contribution < 1.29 is 4.79 Å². The maximum Gasteiger partial charge on any atom is 0.319 e. The number of nitrogens with one attached hydrogen (secondary N) is 1. The third-order valence-electron chi connectivity index (χ3n) is 4.02. The first-order valence-electron chi connectivity index (χ1n) is 7.22. The number of carbonyl (C=O) groups excluding carboxylic acids is 1. The maximum absolute atomic E-state index is 11.8. The predicted molar refractivity (Wildman–Crippen MR) is 75.9 cm³/mol. The van der Waals surface area contributed by atoms with Crippen LogP contribution in [-0.2, 0) is 0 Å². The van der Waals surface area contributed by atoms with Gasteiger partial charge in [0, 0.05) is 59.4 Å². The molecule has 0 aromatic rings. The largest absolute Gasteiger partial charge is 0.331 e. The third-order valence-corrected chi connectivity index (χ3v) is 4.02. The molecule has 0 radical (unpaired) electrons. The second-order valence-corrected chi connectivity index (χ2v) is 5.86. The number of rotatable bonds is 2. The molecule has 2 aliphatic heterocycles. The number of piperidine rings is 1. The summed E-state index contributed by atoms with van der Waals surface area (Å²) in [4.78, 5) is 17.8. The average Bonchev–Trinajstić information content (AvgIpc) is 2.41. The van der Waals surface area contributed by atoms with E-state index in [4.69, 9.17) is 0 Å². The molecule has 2 aliphatic rings. The Balaban J connectivity index is 1.70. The zero-order valence-electron chi connectivity index (χ0n) is 12.4. The van der Waals surface area contributed by atoms with Crippen LogP contribution in [0.1, 0.15) is 12.8 Å². The number of nitrogens with zero attached hydrogens (tertiary/aromatic N) is 4. The zero-order valence-corrected chi connectivity index (χ0v) is 12.4. The number of urea groups is 1. The van der Waals surface area contributed by atoms with E-state index in [9.17, 15) is 4.79 Å². The van der Waals surface area contributed by atoms with E-state index in [1.807, 2.05) is 19.0 Å². The number of carbonyl (C=O) groups is 1. The number of hydrazine groups is 1. The first kappa shape index (κ1) is 14.6. The van der Waals surface area contributed by atoms with E-state index in [-0.39, 0.29) is 6.03 Å². The normalized spacial score (nSPS) is 23.6. The minimum absolute atomic E-state index is 0.137. The Kier molecular flexibility index (Phi) is 5.01. The summed E-state index contributed by atoms with van der Waals surface area (Å²) in [6, 6.07) is 0.660. The molecule has 0 spiro atoms. The molecule has 0 bridgehead atoms. The van der Waals surface area contributed by atoms with Crippen molar-refractivity contribution in [3.63, 3.8) is 0 Å². The highest BCUT2D eigenvalue weighted by Gasteiger charge is 2.25. The molecule has 0 unspecified atom stereocenters. The first-order valence-corrected chi connectivity index (χ1v) is 7.22. The Morgan fingerprint density at radius 2 is 1.63 bits per heavy atom. The predicted octanol–water partition coefficient (Wildman–Crippen LogP) is -0.116. The van der Waals surface area contributed by atoms with Crippen LogP contribution in [0.15, 0.2) is 0 Å². The van der Waals surface area contributed by atoms with E-state index in [1.165, 1.54) is 0 Å². The highest BCUT2D eigenvalue weighted by molar-refractivity contribution is 5.73. The van der Waals surface area contributed by atoms with Crippen molar-refractivity contribution in [3.8, 4) is 0 Å². The number of piperazine rings is 1. The Hall–Kier alpha value is -0.850. The van der Waals surface area contributed by atoms with Gasteiger partial charge in [-0.15, -0.1) is 0 Å². The van der Waals surface area contributed by atoms with Crippen LogP contribution in [0.3, 0.4) is 0 Å². The minimum atomic E-state index is 0.137. The van der Waals surface area contributed by atoms with Gasteiger partial charge in [-0.2, -0.15) is 0 Å². The lowest BCUT2D eigenvalue weighted by molar-refractivity contribution is 0.0686. The maximum atomic E-state index is 11.8. The van der Waals surface area contributed by atoms with Gasteiger partial charge in [-0.3, -0.25) is 5.43 Å². The second kappa shape index (κ2) is 6.54. The molecule has 19 heavy (non-hydrogen) atoms. The van der Waals surface area contributed by atoms with Gasteiger partial charge in [-0.1, -0.05) is 0 Å². The molecule has 2 rings (SSSR count). The molecule has 2 fully saturated rings. The molecule has 2 heterocycles. The molecule has 0 aromatic carbocycles.